The molecule has 3 rings (SSSR count). The molecule has 1 heterocycles. The van der Waals surface area contributed by atoms with Crippen LogP contribution in [0.2, 0.25) is 0 Å². The molecule has 0 radical (unpaired) electrons. The van der Waals surface area contributed by atoms with Crippen molar-refractivity contribution in [1.29, 1.82) is 0 Å². The fourth-order valence-corrected chi connectivity index (χ4v) is 2.35. The molecule has 5 nitrogen and oxygen atoms in total. The Bertz CT molecular complexity index is 647. The Kier molecular flexibility index (Phi) is 3.77. The van der Waals surface area contributed by atoms with Gasteiger partial charge in [-0.05, 0) is 12.1 Å². The quantitative estimate of drug-likeness (QED) is 0.763. The summed E-state index contributed by atoms with van der Waals surface area (Å²) in [6.45, 7) is -0.151. The lowest BCUT2D eigenvalue weighted by Gasteiger charge is -2.35. The summed E-state index contributed by atoms with van der Waals surface area (Å²) in [5.41, 5.74) is 0. The van der Waals surface area contributed by atoms with Gasteiger partial charge in [-0.1, -0.05) is 24.3 Å². The molecule has 2 aromatic carbocycles. The zero-order chi connectivity index (χ0) is 15.0. The monoisotopic (exact) mass is 293 g/mol. The second-order valence-corrected chi connectivity index (χ2v) is 4.96. The summed E-state index contributed by atoms with van der Waals surface area (Å²) >= 11 is 0. The van der Waals surface area contributed by atoms with Crippen molar-refractivity contribution in [3.8, 4) is 5.75 Å². The molecule has 0 saturated carbocycles. The number of aliphatic hydroxyl groups is 3. The Morgan fingerprint density at radius 1 is 1.00 bits per heavy atom. The number of rotatable bonds is 2. The van der Waals surface area contributed by atoms with Crippen LogP contribution in [0.25, 0.3) is 10.8 Å². The van der Waals surface area contributed by atoms with Crippen LogP contribution >= 0.6 is 0 Å². The van der Waals surface area contributed by atoms with Crippen molar-refractivity contribution in [2.75, 3.05) is 6.61 Å². The van der Waals surface area contributed by atoms with Gasteiger partial charge in [0.1, 0.15) is 29.9 Å². The van der Waals surface area contributed by atoms with Crippen LogP contribution in [0.3, 0.4) is 0 Å². The summed E-state index contributed by atoms with van der Waals surface area (Å²) in [4.78, 5) is 0. The summed E-state index contributed by atoms with van der Waals surface area (Å²) in [6.07, 6.45) is -5.03. The SMILES string of the molecule is OC1[C@H](Oc2ccc([18F])c3ccccc23)OC[C@@H](O)[C@@H]1O. The lowest BCUT2D eigenvalue weighted by atomic mass is 10.1. The highest BCUT2D eigenvalue weighted by Gasteiger charge is 2.39. The minimum atomic E-state index is -1.39. The first-order valence-corrected chi connectivity index (χ1v) is 6.57. The van der Waals surface area contributed by atoms with Crippen LogP contribution in [0.4, 0.5) is 4.39 Å². The highest BCUT2D eigenvalue weighted by molar-refractivity contribution is 5.88. The van der Waals surface area contributed by atoms with Crippen LogP contribution in [-0.4, -0.2) is 46.5 Å². The molecule has 0 aromatic heterocycles. The smallest absolute Gasteiger partial charge is 0.228 e. The molecule has 3 N–H and O–H groups in total. The molecule has 4 atom stereocenters. The number of halogens is 1. The number of fused-ring (bicyclic) bond motifs is 1. The molecule has 1 aliphatic rings. The maximum absolute atomic E-state index is 13.7. The van der Waals surface area contributed by atoms with Crippen molar-refractivity contribution in [3.05, 3.63) is 42.2 Å². The number of ether oxygens (including phenoxy) is 2. The third kappa shape index (κ3) is 2.58. The van der Waals surface area contributed by atoms with Gasteiger partial charge in [-0.15, -0.1) is 0 Å². The number of benzene rings is 2. The van der Waals surface area contributed by atoms with Crippen LogP contribution in [-0.2, 0) is 4.74 Å². The maximum Gasteiger partial charge on any atom is 0.228 e. The lowest BCUT2D eigenvalue weighted by Crippen LogP contribution is -2.54. The van der Waals surface area contributed by atoms with Gasteiger partial charge in [0.2, 0.25) is 6.29 Å². The lowest BCUT2D eigenvalue weighted by molar-refractivity contribution is -0.241. The van der Waals surface area contributed by atoms with Gasteiger partial charge in [0.15, 0.2) is 0 Å². The summed E-state index contributed by atoms with van der Waals surface area (Å²) in [5.74, 6) is -0.0434. The molecule has 2 aromatic rings. The fourth-order valence-electron chi connectivity index (χ4n) is 2.35. The van der Waals surface area contributed by atoms with Crippen LogP contribution in [0.15, 0.2) is 36.4 Å². The first kappa shape index (κ1) is 14.2. The van der Waals surface area contributed by atoms with E-state index in [1.54, 1.807) is 24.3 Å². The number of hydrogen-bond donors (Lipinski definition) is 3. The molecule has 1 unspecified atom stereocenters. The van der Waals surface area contributed by atoms with Gasteiger partial charge < -0.3 is 24.8 Å². The summed E-state index contributed by atoms with van der Waals surface area (Å²) in [7, 11) is 0. The van der Waals surface area contributed by atoms with E-state index in [4.69, 9.17) is 9.47 Å². The molecular formula is C15H15FO5. The molecule has 1 saturated heterocycles. The summed E-state index contributed by atoms with van der Waals surface area (Å²) < 4.78 is 24.5. The van der Waals surface area contributed by atoms with E-state index in [0.717, 1.165) is 0 Å². The molecule has 1 aliphatic heterocycles. The zero-order valence-electron chi connectivity index (χ0n) is 11.0. The normalized spacial score (nSPS) is 29.5. The Morgan fingerprint density at radius 2 is 1.71 bits per heavy atom. The predicted molar refractivity (Wildman–Crippen MR) is 72.3 cm³/mol. The average molecular weight is 293 g/mol. The van der Waals surface area contributed by atoms with E-state index >= 15 is 0 Å². The molecule has 1 fully saturated rings. The van der Waals surface area contributed by atoms with E-state index in [2.05, 4.69) is 0 Å². The van der Waals surface area contributed by atoms with Crippen LogP contribution in [0, 0.1) is 5.82 Å². The molecule has 6 heteroatoms. The Morgan fingerprint density at radius 3 is 2.48 bits per heavy atom. The highest BCUT2D eigenvalue weighted by atomic mass is 18.2. The predicted octanol–water partition coefficient (Wildman–Crippen LogP) is 0.797. The van der Waals surface area contributed by atoms with Crippen molar-refractivity contribution in [2.45, 2.75) is 24.6 Å². The van der Waals surface area contributed by atoms with Gasteiger partial charge in [-0.3, -0.25) is 0 Å². The van der Waals surface area contributed by atoms with Gasteiger partial charge in [-0.25, -0.2) is 4.39 Å². The van der Waals surface area contributed by atoms with Crippen molar-refractivity contribution >= 4 is 10.8 Å². The first-order chi connectivity index (χ1) is 10.1. The minimum Gasteiger partial charge on any atom is -0.461 e. The molecule has 21 heavy (non-hydrogen) atoms. The van der Waals surface area contributed by atoms with E-state index in [1.165, 1.54) is 12.1 Å². The largest absolute Gasteiger partial charge is 0.461 e. The fraction of sp³-hybridized carbons (Fsp3) is 0.333. The molecule has 0 amide bonds. The van der Waals surface area contributed by atoms with Gasteiger partial charge in [0, 0.05) is 10.8 Å². The van der Waals surface area contributed by atoms with Crippen LogP contribution in [0.5, 0.6) is 5.75 Å². The van der Waals surface area contributed by atoms with Gasteiger partial charge in [0.05, 0.1) is 6.61 Å². The number of aliphatic hydroxyl groups excluding tert-OH is 3. The van der Waals surface area contributed by atoms with Crippen LogP contribution < -0.4 is 4.74 Å². The van der Waals surface area contributed by atoms with E-state index in [0.29, 0.717) is 16.5 Å². The zero-order valence-corrected chi connectivity index (χ0v) is 11.0. The molecule has 0 bridgehead atoms. The number of hydrogen-bond acceptors (Lipinski definition) is 5. The standard InChI is InChI=1S/C15H15FO5/c16-10-5-6-12(9-4-2-1-3-8(9)10)21-15-14(19)13(18)11(17)7-20-15/h1-6,11,13-15,17-19H,7H2/t11-,13+,14?,15+/m1/s1/i16-1. The third-order valence-electron chi connectivity index (χ3n) is 3.53. The van der Waals surface area contributed by atoms with Gasteiger partial charge >= 0.3 is 0 Å². The van der Waals surface area contributed by atoms with E-state index in [9.17, 15) is 19.7 Å². The molecule has 112 valence electrons. The average Bonchev–Trinajstić information content (AvgIpc) is 2.50. The maximum atomic E-state index is 13.7. The Balaban J connectivity index is 1.90. The highest BCUT2D eigenvalue weighted by Crippen LogP contribution is 2.30. The van der Waals surface area contributed by atoms with Gasteiger partial charge in [0.25, 0.3) is 0 Å². The van der Waals surface area contributed by atoms with E-state index in [1.807, 2.05) is 0 Å². The molecular weight excluding hydrogens is 278 g/mol. The van der Waals surface area contributed by atoms with E-state index in [-0.39, 0.29) is 12.4 Å². The summed E-state index contributed by atoms with van der Waals surface area (Å²) in [5, 5.41) is 29.8. The second-order valence-electron chi connectivity index (χ2n) is 4.96. The van der Waals surface area contributed by atoms with Gasteiger partial charge in [-0.2, -0.15) is 0 Å². The van der Waals surface area contributed by atoms with Crippen LogP contribution in [0.1, 0.15) is 0 Å². The van der Waals surface area contributed by atoms with Crippen molar-refractivity contribution < 1.29 is 29.2 Å². The third-order valence-corrected chi connectivity index (χ3v) is 3.53. The minimum absolute atomic E-state index is 0.151. The Hall–Kier alpha value is -1.73. The van der Waals surface area contributed by atoms with Crippen molar-refractivity contribution in [3.63, 3.8) is 0 Å². The molecule has 0 aliphatic carbocycles. The Labute approximate surface area is 120 Å². The first-order valence-electron chi connectivity index (χ1n) is 6.57. The second kappa shape index (κ2) is 5.57. The van der Waals surface area contributed by atoms with Crippen molar-refractivity contribution in [2.24, 2.45) is 0 Å². The topological polar surface area (TPSA) is 79.2 Å². The summed E-state index contributed by atoms with van der Waals surface area (Å²) in [6, 6.07) is 9.46. The van der Waals surface area contributed by atoms with Crippen molar-refractivity contribution in [1.82, 2.24) is 0 Å². The molecule has 0 spiro atoms. The van der Waals surface area contributed by atoms with E-state index < -0.39 is 24.6 Å².